The van der Waals surface area contributed by atoms with Gasteiger partial charge in [-0.3, -0.25) is 14.6 Å². The van der Waals surface area contributed by atoms with Crippen LogP contribution in [0.1, 0.15) is 80.8 Å². The highest BCUT2D eigenvalue weighted by molar-refractivity contribution is 5.94. The van der Waals surface area contributed by atoms with E-state index in [1.165, 1.54) is 6.20 Å². The fourth-order valence-electron chi connectivity index (χ4n) is 5.28. The number of pyridine rings is 1. The Bertz CT molecular complexity index is 1230. The van der Waals surface area contributed by atoms with Crippen LogP contribution >= 0.6 is 0 Å². The molecule has 7 nitrogen and oxygen atoms in total. The van der Waals surface area contributed by atoms with Crippen LogP contribution in [0.4, 0.5) is 5.69 Å². The second-order valence-electron chi connectivity index (χ2n) is 11.1. The molecule has 0 spiro atoms. The number of methoxy groups -OCH3 is 2. The molecule has 2 unspecified atom stereocenters. The minimum absolute atomic E-state index is 0.0569. The number of ether oxygens (including phenoxy) is 2. The summed E-state index contributed by atoms with van der Waals surface area (Å²) in [5, 5.41) is 6.10. The predicted octanol–water partition coefficient (Wildman–Crippen LogP) is 6.99. The van der Waals surface area contributed by atoms with Crippen molar-refractivity contribution < 1.29 is 19.1 Å². The van der Waals surface area contributed by atoms with Crippen molar-refractivity contribution in [3.8, 4) is 11.5 Å². The zero-order chi connectivity index (χ0) is 29.1. The number of rotatable bonds is 13. The third-order valence-electron chi connectivity index (χ3n) is 7.14. The monoisotopic (exact) mass is 545 g/mol. The summed E-state index contributed by atoms with van der Waals surface area (Å²) >= 11 is 0. The number of carbonyl (C=O) groups excluding carboxylic acids is 2. The van der Waals surface area contributed by atoms with Gasteiger partial charge in [0.25, 0.3) is 5.91 Å². The molecule has 1 aromatic heterocycles. The first-order valence-electron chi connectivity index (χ1n) is 14.0. The van der Waals surface area contributed by atoms with Gasteiger partial charge in [-0.15, -0.1) is 0 Å². The van der Waals surface area contributed by atoms with Crippen LogP contribution < -0.4 is 20.1 Å². The number of anilines is 1. The quantitative estimate of drug-likeness (QED) is 0.226. The molecule has 2 N–H and O–H groups in total. The van der Waals surface area contributed by atoms with E-state index in [-0.39, 0.29) is 29.1 Å². The Kier molecular flexibility index (Phi) is 11.1. The minimum Gasteiger partial charge on any atom is -0.496 e. The van der Waals surface area contributed by atoms with Crippen LogP contribution in [0.2, 0.25) is 0 Å². The lowest BCUT2D eigenvalue weighted by Gasteiger charge is -2.37. The van der Waals surface area contributed by atoms with Crippen LogP contribution in [0, 0.1) is 11.3 Å². The first-order valence-corrected chi connectivity index (χ1v) is 14.0. The average molecular weight is 546 g/mol. The first-order chi connectivity index (χ1) is 19.2. The Labute approximate surface area is 238 Å². The van der Waals surface area contributed by atoms with Crippen LogP contribution in [0.15, 0.2) is 67.0 Å². The van der Waals surface area contributed by atoms with Crippen molar-refractivity contribution in [1.29, 1.82) is 0 Å². The van der Waals surface area contributed by atoms with Crippen LogP contribution in [0.25, 0.3) is 0 Å². The second kappa shape index (κ2) is 14.5. The molecule has 3 aromatic rings. The number of nitrogens with zero attached hydrogens (tertiary/aromatic N) is 1. The molecule has 214 valence electrons. The fourth-order valence-corrected chi connectivity index (χ4v) is 5.28. The summed E-state index contributed by atoms with van der Waals surface area (Å²) in [5.74, 6) is 0.737. The summed E-state index contributed by atoms with van der Waals surface area (Å²) in [7, 11) is 3.32. The summed E-state index contributed by atoms with van der Waals surface area (Å²) in [6.45, 7) is 8.83. The van der Waals surface area contributed by atoms with Crippen molar-refractivity contribution in [2.24, 2.45) is 11.3 Å². The van der Waals surface area contributed by atoms with E-state index in [1.54, 1.807) is 32.5 Å². The summed E-state index contributed by atoms with van der Waals surface area (Å²) in [4.78, 5) is 30.6. The smallest absolute Gasteiger partial charge is 0.253 e. The summed E-state index contributed by atoms with van der Waals surface area (Å²) in [5.41, 5.74) is 2.66. The number of unbranched alkanes of at least 4 members (excludes halogenated alkanes) is 2. The number of nitrogens with one attached hydrogen (secondary N) is 2. The lowest BCUT2D eigenvalue weighted by Crippen LogP contribution is -2.38. The van der Waals surface area contributed by atoms with E-state index in [0.717, 1.165) is 48.3 Å². The predicted molar refractivity (Wildman–Crippen MR) is 160 cm³/mol. The maximum atomic E-state index is 14.1. The first kappa shape index (κ1) is 30.7. The maximum absolute atomic E-state index is 14.1. The molecule has 0 bridgehead atoms. The Morgan fingerprint density at radius 2 is 1.65 bits per heavy atom. The normalized spacial score (nSPS) is 12.8. The van der Waals surface area contributed by atoms with Gasteiger partial charge >= 0.3 is 0 Å². The zero-order valence-electron chi connectivity index (χ0n) is 24.6. The highest BCUT2D eigenvalue weighted by atomic mass is 16.5. The van der Waals surface area contributed by atoms with Crippen molar-refractivity contribution >= 4 is 17.5 Å². The molecule has 0 aliphatic carbocycles. The Morgan fingerprint density at radius 3 is 2.25 bits per heavy atom. The van der Waals surface area contributed by atoms with Crippen LogP contribution in [-0.2, 0) is 11.3 Å². The molecule has 1 heterocycles. The van der Waals surface area contributed by atoms with Gasteiger partial charge in [0.1, 0.15) is 11.5 Å². The van der Waals surface area contributed by atoms with Gasteiger partial charge in [0.15, 0.2) is 0 Å². The molecular formula is C33H43N3O4. The summed E-state index contributed by atoms with van der Waals surface area (Å²) < 4.78 is 11.6. The van der Waals surface area contributed by atoms with Crippen molar-refractivity contribution in [2.45, 2.75) is 65.8 Å². The molecule has 0 aliphatic rings. The number of amides is 2. The van der Waals surface area contributed by atoms with Crippen molar-refractivity contribution in [2.75, 3.05) is 19.5 Å². The number of hydrogen-bond donors (Lipinski definition) is 2. The summed E-state index contributed by atoms with van der Waals surface area (Å²) in [6.07, 6.45) is 7.17. The van der Waals surface area contributed by atoms with E-state index in [4.69, 9.17) is 9.47 Å². The Morgan fingerprint density at radius 1 is 0.950 bits per heavy atom. The van der Waals surface area contributed by atoms with Crippen molar-refractivity contribution in [3.63, 3.8) is 0 Å². The Hall–Kier alpha value is -3.87. The van der Waals surface area contributed by atoms with E-state index < -0.39 is 0 Å². The molecule has 2 atom stereocenters. The van der Waals surface area contributed by atoms with Gasteiger partial charge in [-0.25, -0.2) is 0 Å². The molecule has 3 rings (SSSR count). The SMILES string of the molecule is CCCCCC(c1c(OC)cccc1OC)C(C(=O)Nc1cccc(CNC(=O)c2cccnc2)c1)C(C)(C)C. The minimum atomic E-state index is -0.358. The molecule has 0 radical (unpaired) electrons. The van der Waals surface area contributed by atoms with Gasteiger partial charge < -0.3 is 20.1 Å². The van der Waals surface area contributed by atoms with Crippen LogP contribution in [-0.4, -0.2) is 31.0 Å². The number of hydrogen-bond acceptors (Lipinski definition) is 5. The van der Waals surface area contributed by atoms with E-state index >= 15 is 0 Å². The van der Waals surface area contributed by atoms with Gasteiger partial charge in [-0.05, 0) is 53.8 Å². The zero-order valence-corrected chi connectivity index (χ0v) is 24.6. The third-order valence-corrected chi connectivity index (χ3v) is 7.14. The van der Waals surface area contributed by atoms with Crippen LogP contribution in [0.3, 0.4) is 0 Å². The van der Waals surface area contributed by atoms with Gasteiger partial charge in [-0.2, -0.15) is 0 Å². The highest BCUT2D eigenvalue weighted by Crippen LogP contribution is 2.47. The maximum Gasteiger partial charge on any atom is 0.253 e. The highest BCUT2D eigenvalue weighted by Gasteiger charge is 2.41. The van der Waals surface area contributed by atoms with Gasteiger partial charge in [0, 0.05) is 36.1 Å². The van der Waals surface area contributed by atoms with E-state index in [2.05, 4.69) is 43.3 Å². The van der Waals surface area contributed by atoms with Crippen molar-refractivity contribution in [1.82, 2.24) is 10.3 Å². The van der Waals surface area contributed by atoms with Gasteiger partial charge in [0.05, 0.1) is 25.7 Å². The second-order valence-corrected chi connectivity index (χ2v) is 11.1. The van der Waals surface area contributed by atoms with Crippen molar-refractivity contribution in [3.05, 3.63) is 83.7 Å². The van der Waals surface area contributed by atoms with Gasteiger partial charge in [0.2, 0.25) is 5.91 Å². The molecule has 0 aliphatic heterocycles. The third kappa shape index (κ3) is 8.07. The molecule has 0 saturated carbocycles. The molecular weight excluding hydrogens is 502 g/mol. The largest absolute Gasteiger partial charge is 0.496 e. The number of aromatic nitrogens is 1. The van der Waals surface area contributed by atoms with Crippen LogP contribution in [0.5, 0.6) is 11.5 Å². The lowest BCUT2D eigenvalue weighted by molar-refractivity contribution is -0.124. The lowest BCUT2D eigenvalue weighted by atomic mass is 9.68. The van der Waals surface area contributed by atoms with Gasteiger partial charge in [-0.1, -0.05) is 65.2 Å². The fraction of sp³-hybridized carbons (Fsp3) is 0.424. The Balaban J connectivity index is 1.88. The molecule has 2 amide bonds. The molecule has 2 aromatic carbocycles. The standard InChI is InChI=1S/C33H43N3O4/c1-7-8-9-16-26(29-27(39-5)17-11-18-28(29)40-6)30(33(2,3)4)32(38)36-25-15-10-13-23(20-25)21-35-31(37)24-14-12-19-34-22-24/h10-15,17-20,22,26,30H,7-9,16,21H2,1-6H3,(H,35,37)(H,36,38). The van der Waals surface area contributed by atoms with E-state index in [9.17, 15) is 9.59 Å². The summed E-state index contributed by atoms with van der Waals surface area (Å²) in [6, 6.07) is 16.8. The molecule has 40 heavy (non-hydrogen) atoms. The number of carbonyl (C=O) groups is 2. The average Bonchev–Trinajstić information content (AvgIpc) is 2.94. The molecule has 0 saturated heterocycles. The van der Waals surface area contributed by atoms with E-state index in [0.29, 0.717) is 17.8 Å². The number of benzene rings is 2. The molecule has 7 heteroatoms. The van der Waals surface area contributed by atoms with E-state index in [1.807, 2.05) is 42.5 Å². The topological polar surface area (TPSA) is 89.5 Å². The molecule has 0 fully saturated rings.